The van der Waals surface area contributed by atoms with E-state index >= 15 is 0 Å². The van der Waals surface area contributed by atoms with Gasteiger partial charge in [0.2, 0.25) is 10.0 Å². The number of hydrogen-bond donors (Lipinski definition) is 0. The van der Waals surface area contributed by atoms with Crippen LogP contribution in [0.3, 0.4) is 0 Å². The van der Waals surface area contributed by atoms with Crippen LogP contribution in [0.1, 0.15) is 36.8 Å². The standard InChI is InChI=1S/C19H25FN4O2S/c1-13(2)19-21-15(4)12-18(22-19)23-7-9-24(10-8-23)27(25,26)17-11-14(3)5-6-16(17)20/h5-6,11-13H,7-10H2,1-4H3. The van der Waals surface area contributed by atoms with Gasteiger partial charge in [0.15, 0.2) is 0 Å². The zero-order chi connectivity index (χ0) is 19.8. The van der Waals surface area contributed by atoms with E-state index in [1.807, 2.05) is 26.8 Å². The van der Waals surface area contributed by atoms with Crippen molar-refractivity contribution in [2.24, 2.45) is 0 Å². The molecule has 0 aliphatic carbocycles. The molecule has 8 heteroatoms. The van der Waals surface area contributed by atoms with Gasteiger partial charge in [0.05, 0.1) is 0 Å². The quantitative estimate of drug-likeness (QED) is 0.800. The van der Waals surface area contributed by atoms with Crippen LogP contribution in [0.25, 0.3) is 0 Å². The van der Waals surface area contributed by atoms with Crippen molar-refractivity contribution in [3.63, 3.8) is 0 Å². The molecule has 2 heterocycles. The molecule has 0 N–H and O–H groups in total. The van der Waals surface area contributed by atoms with Crippen LogP contribution in [0.5, 0.6) is 0 Å². The van der Waals surface area contributed by atoms with E-state index in [4.69, 9.17) is 0 Å². The third-order valence-corrected chi connectivity index (χ3v) is 6.56. The predicted molar refractivity (Wildman–Crippen MR) is 103 cm³/mol. The maximum Gasteiger partial charge on any atom is 0.246 e. The van der Waals surface area contributed by atoms with Crippen LogP contribution in [-0.2, 0) is 10.0 Å². The van der Waals surface area contributed by atoms with Gasteiger partial charge in [0.25, 0.3) is 0 Å². The van der Waals surface area contributed by atoms with Crippen molar-refractivity contribution in [3.05, 3.63) is 47.2 Å². The molecular formula is C19H25FN4O2S. The first-order valence-electron chi connectivity index (χ1n) is 9.05. The highest BCUT2D eigenvalue weighted by molar-refractivity contribution is 7.89. The molecule has 1 aliphatic heterocycles. The average molecular weight is 393 g/mol. The topological polar surface area (TPSA) is 66.4 Å². The largest absolute Gasteiger partial charge is 0.354 e. The minimum atomic E-state index is -3.85. The van der Waals surface area contributed by atoms with E-state index in [0.717, 1.165) is 17.3 Å². The van der Waals surface area contributed by atoms with Crippen LogP contribution < -0.4 is 4.90 Å². The lowest BCUT2D eigenvalue weighted by molar-refractivity contribution is 0.381. The number of rotatable bonds is 4. The molecule has 0 saturated carbocycles. The van der Waals surface area contributed by atoms with Gasteiger partial charge in [0, 0.05) is 43.9 Å². The summed E-state index contributed by atoms with van der Waals surface area (Å²) in [6.45, 7) is 9.34. The number of hydrogen-bond acceptors (Lipinski definition) is 5. The number of anilines is 1. The van der Waals surface area contributed by atoms with E-state index in [0.29, 0.717) is 18.7 Å². The maximum atomic E-state index is 14.1. The summed E-state index contributed by atoms with van der Waals surface area (Å²) in [5.41, 5.74) is 1.60. The molecule has 0 atom stereocenters. The summed E-state index contributed by atoms with van der Waals surface area (Å²) in [5, 5.41) is 0. The molecule has 1 saturated heterocycles. The highest BCUT2D eigenvalue weighted by atomic mass is 32.2. The van der Waals surface area contributed by atoms with E-state index in [2.05, 4.69) is 14.9 Å². The number of aryl methyl sites for hydroxylation is 2. The number of sulfonamides is 1. The lowest BCUT2D eigenvalue weighted by Gasteiger charge is -2.35. The molecule has 0 amide bonds. The van der Waals surface area contributed by atoms with E-state index in [-0.39, 0.29) is 23.9 Å². The molecule has 0 spiro atoms. The van der Waals surface area contributed by atoms with Gasteiger partial charge < -0.3 is 4.90 Å². The Morgan fingerprint density at radius 2 is 1.70 bits per heavy atom. The Hall–Kier alpha value is -2.06. The van der Waals surface area contributed by atoms with Gasteiger partial charge in [0.1, 0.15) is 22.4 Å². The summed E-state index contributed by atoms with van der Waals surface area (Å²) in [6.07, 6.45) is 0. The molecule has 0 unspecified atom stereocenters. The molecular weight excluding hydrogens is 367 g/mol. The van der Waals surface area contributed by atoms with Crippen molar-refractivity contribution in [2.45, 2.75) is 38.5 Å². The first-order valence-corrected chi connectivity index (χ1v) is 10.5. The van der Waals surface area contributed by atoms with Gasteiger partial charge in [-0.2, -0.15) is 4.31 Å². The fourth-order valence-electron chi connectivity index (χ4n) is 3.10. The van der Waals surface area contributed by atoms with E-state index in [1.165, 1.54) is 16.4 Å². The third-order valence-electron chi connectivity index (χ3n) is 4.64. The summed E-state index contributed by atoms with van der Waals surface area (Å²) in [6, 6.07) is 6.07. The minimum absolute atomic E-state index is 0.217. The molecule has 2 aromatic rings. The van der Waals surface area contributed by atoms with Crippen LogP contribution in [0.15, 0.2) is 29.2 Å². The molecule has 146 valence electrons. The van der Waals surface area contributed by atoms with Crippen molar-refractivity contribution < 1.29 is 12.8 Å². The first-order chi connectivity index (χ1) is 12.7. The minimum Gasteiger partial charge on any atom is -0.354 e. The van der Waals surface area contributed by atoms with Crippen molar-refractivity contribution in [1.82, 2.24) is 14.3 Å². The van der Waals surface area contributed by atoms with Gasteiger partial charge in [-0.25, -0.2) is 22.8 Å². The Balaban J connectivity index is 1.78. The summed E-state index contributed by atoms with van der Waals surface area (Å²) in [7, 11) is -3.85. The Labute approximate surface area is 160 Å². The Morgan fingerprint density at radius 1 is 1.04 bits per heavy atom. The van der Waals surface area contributed by atoms with Crippen molar-refractivity contribution in [2.75, 3.05) is 31.1 Å². The molecule has 27 heavy (non-hydrogen) atoms. The summed E-state index contributed by atoms with van der Waals surface area (Å²) in [5.74, 6) is 1.09. The van der Waals surface area contributed by atoms with Crippen LogP contribution in [0, 0.1) is 19.7 Å². The molecule has 1 aromatic heterocycles. The number of piperazine rings is 1. The normalized spacial score (nSPS) is 16.1. The summed E-state index contributed by atoms with van der Waals surface area (Å²) < 4.78 is 41.1. The van der Waals surface area contributed by atoms with Crippen LogP contribution in [-0.4, -0.2) is 48.9 Å². The van der Waals surface area contributed by atoms with Crippen molar-refractivity contribution in [1.29, 1.82) is 0 Å². The predicted octanol–water partition coefficient (Wildman–Crippen LogP) is 2.87. The molecule has 0 bridgehead atoms. The van der Waals surface area contributed by atoms with Gasteiger partial charge >= 0.3 is 0 Å². The van der Waals surface area contributed by atoms with Crippen molar-refractivity contribution in [3.8, 4) is 0 Å². The highest BCUT2D eigenvalue weighted by Gasteiger charge is 2.31. The molecule has 1 aliphatic rings. The SMILES string of the molecule is Cc1ccc(F)c(S(=O)(=O)N2CCN(c3cc(C)nc(C(C)C)n3)CC2)c1. The molecule has 1 aromatic carbocycles. The van der Waals surface area contributed by atoms with Gasteiger partial charge in [-0.15, -0.1) is 0 Å². The zero-order valence-electron chi connectivity index (χ0n) is 16.1. The van der Waals surface area contributed by atoms with E-state index < -0.39 is 15.8 Å². The molecule has 6 nitrogen and oxygen atoms in total. The Morgan fingerprint density at radius 3 is 2.33 bits per heavy atom. The number of halogens is 1. The van der Waals surface area contributed by atoms with E-state index in [1.54, 1.807) is 13.0 Å². The summed E-state index contributed by atoms with van der Waals surface area (Å²) >= 11 is 0. The fourth-order valence-corrected chi connectivity index (χ4v) is 4.67. The number of nitrogens with zero attached hydrogens (tertiary/aromatic N) is 4. The molecule has 0 radical (unpaired) electrons. The lowest BCUT2D eigenvalue weighted by Crippen LogP contribution is -2.49. The highest BCUT2D eigenvalue weighted by Crippen LogP contribution is 2.24. The third kappa shape index (κ3) is 4.11. The first kappa shape index (κ1) is 19.7. The molecule has 1 fully saturated rings. The second kappa shape index (κ2) is 7.52. The Kier molecular flexibility index (Phi) is 5.48. The lowest BCUT2D eigenvalue weighted by atomic mass is 10.2. The smallest absolute Gasteiger partial charge is 0.246 e. The van der Waals surface area contributed by atoms with E-state index in [9.17, 15) is 12.8 Å². The number of benzene rings is 1. The Bertz CT molecular complexity index is 939. The average Bonchev–Trinajstić information content (AvgIpc) is 2.63. The van der Waals surface area contributed by atoms with Crippen molar-refractivity contribution >= 4 is 15.8 Å². The number of aromatic nitrogens is 2. The van der Waals surface area contributed by atoms with Crippen LogP contribution in [0.2, 0.25) is 0 Å². The van der Waals surface area contributed by atoms with Gasteiger partial charge in [-0.05, 0) is 31.5 Å². The summed E-state index contributed by atoms with van der Waals surface area (Å²) in [4.78, 5) is 10.9. The van der Waals surface area contributed by atoms with Gasteiger partial charge in [-0.1, -0.05) is 19.9 Å². The monoisotopic (exact) mass is 392 g/mol. The second-order valence-electron chi connectivity index (χ2n) is 7.21. The maximum absolute atomic E-state index is 14.1. The second-order valence-corrected chi connectivity index (χ2v) is 9.11. The molecule has 3 rings (SSSR count). The van der Waals surface area contributed by atoms with Gasteiger partial charge in [-0.3, -0.25) is 0 Å². The zero-order valence-corrected chi connectivity index (χ0v) is 16.9. The van der Waals surface area contributed by atoms with Crippen LogP contribution >= 0.6 is 0 Å². The fraction of sp³-hybridized carbons (Fsp3) is 0.474. The van der Waals surface area contributed by atoms with Crippen LogP contribution in [0.4, 0.5) is 10.2 Å².